The topological polar surface area (TPSA) is 58.5 Å². The van der Waals surface area contributed by atoms with Crippen LogP contribution in [0.1, 0.15) is 18.2 Å². The van der Waals surface area contributed by atoms with Crippen LogP contribution in [0.4, 0.5) is 0 Å². The Morgan fingerprint density at radius 2 is 2.41 bits per heavy atom. The van der Waals surface area contributed by atoms with Gasteiger partial charge in [0.05, 0.1) is 12.5 Å². The molecule has 2 N–H and O–H groups in total. The van der Waals surface area contributed by atoms with E-state index in [0.29, 0.717) is 5.92 Å². The first kappa shape index (κ1) is 11.9. The van der Waals surface area contributed by atoms with Crippen molar-refractivity contribution in [2.45, 2.75) is 26.9 Å². The van der Waals surface area contributed by atoms with Gasteiger partial charge in [-0.15, -0.1) is 0 Å². The second kappa shape index (κ2) is 5.63. The fourth-order valence-corrected chi connectivity index (χ4v) is 1.83. The molecule has 2 rings (SSSR count). The van der Waals surface area contributed by atoms with Gasteiger partial charge in [0.1, 0.15) is 0 Å². The molecular weight excluding hydrogens is 214 g/mol. The van der Waals surface area contributed by atoms with E-state index in [9.17, 15) is 0 Å². The minimum atomic E-state index is 0.580. The Labute approximate surface area is 101 Å². The number of nitrogens with one attached hydrogen (secondary N) is 2. The third kappa shape index (κ3) is 3.42. The zero-order valence-electron chi connectivity index (χ0n) is 10.3. The van der Waals surface area contributed by atoms with Crippen LogP contribution < -0.4 is 5.32 Å². The first-order valence-electron chi connectivity index (χ1n) is 5.91. The molecule has 0 amide bonds. The lowest BCUT2D eigenvalue weighted by Crippen LogP contribution is -2.23. The highest BCUT2D eigenvalue weighted by Crippen LogP contribution is 2.03. The summed E-state index contributed by atoms with van der Waals surface area (Å²) >= 11 is 0. The average Bonchev–Trinajstić information content (AvgIpc) is 2.91. The van der Waals surface area contributed by atoms with E-state index in [1.54, 1.807) is 0 Å². The van der Waals surface area contributed by atoms with Gasteiger partial charge in [0.2, 0.25) is 0 Å². The van der Waals surface area contributed by atoms with Crippen LogP contribution >= 0.6 is 0 Å². The fourth-order valence-electron chi connectivity index (χ4n) is 1.83. The molecule has 0 aliphatic carbocycles. The Hall–Kier alpha value is -1.62. The Bertz CT molecular complexity index is 431. The van der Waals surface area contributed by atoms with E-state index in [1.807, 2.05) is 31.8 Å². The molecule has 0 aliphatic heterocycles. The van der Waals surface area contributed by atoms with E-state index in [0.717, 1.165) is 25.3 Å². The Kier molecular flexibility index (Phi) is 3.93. The van der Waals surface area contributed by atoms with Crippen LogP contribution in [0.3, 0.4) is 0 Å². The van der Waals surface area contributed by atoms with E-state index in [1.165, 1.54) is 5.56 Å². The third-order valence-electron chi connectivity index (χ3n) is 2.82. The number of nitrogens with zero attached hydrogens (tertiary/aromatic N) is 3. The molecule has 1 atom stereocenters. The van der Waals surface area contributed by atoms with E-state index in [4.69, 9.17) is 0 Å². The molecule has 17 heavy (non-hydrogen) atoms. The van der Waals surface area contributed by atoms with Gasteiger partial charge in [-0.1, -0.05) is 6.92 Å². The van der Waals surface area contributed by atoms with Crippen LogP contribution in [-0.2, 0) is 13.1 Å². The van der Waals surface area contributed by atoms with Crippen LogP contribution in [0.15, 0.2) is 24.9 Å². The van der Waals surface area contributed by atoms with Crippen molar-refractivity contribution < 1.29 is 0 Å². The molecule has 0 aromatic carbocycles. The van der Waals surface area contributed by atoms with Gasteiger partial charge in [-0.2, -0.15) is 5.10 Å². The molecular formula is C12H19N5. The van der Waals surface area contributed by atoms with Crippen molar-refractivity contribution in [3.05, 3.63) is 36.2 Å². The van der Waals surface area contributed by atoms with Crippen molar-refractivity contribution in [1.29, 1.82) is 0 Å². The van der Waals surface area contributed by atoms with Crippen molar-refractivity contribution in [1.82, 2.24) is 25.1 Å². The van der Waals surface area contributed by atoms with E-state index in [2.05, 4.69) is 32.0 Å². The molecule has 0 saturated heterocycles. The lowest BCUT2D eigenvalue weighted by atomic mass is 10.1. The highest BCUT2D eigenvalue weighted by atomic mass is 15.1. The normalized spacial score (nSPS) is 12.8. The minimum absolute atomic E-state index is 0.580. The van der Waals surface area contributed by atoms with Crippen LogP contribution in [-0.4, -0.2) is 26.3 Å². The third-order valence-corrected chi connectivity index (χ3v) is 2.82. The summed E-state index contributed by atoms with van der Waals surface area (Å²) in [7, 11) is 0. The maximum Gasteiger partial charge on any atom is 0.0946 e. The van der Waals surface area contributed by atoms with Gasteiger partial charge in [-0.3, -0.25) is 5.10 Å². The van der Waals surface area contributed by atoms with E-state index < -0.39 is 0 Å². The summed E-state index contributed by atoms with van der Waals surface area (Å²) in [5.74, 6) is 0.580. The SMILES string of the molecule is Cc1[nH]ncc1CNCC(C)Cn1ccnc1. The smallest absolute Gasteiger partial charge is 0.0946 e. The Morgan fingerprint density at radius 3 is 3.06 bits per heavy atom. The first-order chi connectivity index (χ1) is 8.25. The van der Waals surface area contributed by atoms with Gasteiger partial charge in [0.25, 0.3) is 0 Å². The second-order valence-corrected chi connectivity index (χ2v) is 4.52. The van der Waals surface area contributed by atoms with Crippen molar-refractivity contribution in [3.63, 3.8) is 0 Å². The van der Waals surface area contributed by atoms with Crippen LogP contribution in [0.2, 0.25) is 0 Å². The summed E-state index contributed by atoms with van der Waals surface area (Å²) in [6, 6.07) is 0. The summed E-state index contributed by atoms with van der Waals surface area (Å²) in [6.45, 7) is 7.13. The number of hydrogen-bond acceptors (Lipinski definition) is 3. The molecule has 2 aromatic heterocycles. The van der Waals surface area contributed by atoms with Gasteiger partial charge in [-0.25, -0.2) is 4.98 Å². The van der Waals surface area contributed by atoms with Crippen molar-refractivity contribution in [3.8, 4) is 0 Å². The summed E-state index contributed by atoms with van der Waals surface area (Å²) in [5, 5.41) is 10.4. The van der Waals surface area contributed by atoms with Gasteiger partial charge in [0.15, 0.2) is 0 Å². The molecule has 5 nitrogen and oxygen atoms in total. The zero-order chi connectivity index (χ0) is 12.1. The average molecular weight is 233 g/mol. The monoisotopic (exact) mass is 233 g/mol. The molecule has 92 valence electrons. The number of H-pyrrole nitrogens is 1. The molecule has 0 spiro atoms. The van der Waals surface area contributed by atoms with Crippen molar-refractivity contribution in [2.75, 3.05) is 6.54 Å². The summed E-state index contributed by atoms with van der Waals surface area (Å²) < 4.78 is 2.11. The minimum Gasteiger partial charge on any atom is -0.337 e. The Balaban J connectivity index is 1.70. The maximum absolute atomic E-state index is 4.04. The molecule has 0 aliphatic rings. The molecule has 0 saturated carbocycles. The fraction of sp³-hybridized carbons (Fsp3) is 0.500. The summed E-state index contributed by atoms with van der Waals surface area (Å²) in [5.41, 5.74) is 2.37. The maximum atomic E-state index is 4.04. The number of rotatable bonds is 6. The number of hydrogen-bond donors (Lipinski definition) is 2. The zero-order valence-corrected chi connectivity index (χ0v) is 10.3. The predicted molar refractivity (Wildman–Crippen MR) is 66.4 cm³/mol. The second-order valence-electron chi connectivity index (χ2n) is 4.52. The predicted octanol–water partition coefficient (Wildman–Crippen LogP) is 1.34. The number of aromatic amines is 1. The highest BCUT2D eigenvalue weighted by Gasteiger charge is 2.04. The van der Waals surface area contributed by atoms with E-state index in [-0.39, 0.29) is 0 Å². The standard InChI is InChI=1S/C12H19N5/c1-10(8-17-4-3-13-9-17)5-14-6-12-7-15-16-11(12)2/h3-4,7,9-10,14H,5-6,8H2,1-2H3,(H,15,16). The quantitative estimate of drug-likeness (QED) is 0.791. The van der Waals surface area contributed by atoms with Crippen LogP contribution in [0, 0.1) is 12.8 Å². The van der Waals surface area contributed by atoms with E-state index >= 15 is 0 Å². The molecule has 5 heteroatoms. The molecule has 2 heterocycles. The van der Waals surface area contributed by atoms with Crippen LogP contribution in [0.5, 0.6) is 0 Å². The molecule has 0 radical (unpaired) electrons. The molecule has 1 unspecified atom stereocenters. The van der Waals surface area contributed by atoms with Gasteiger partial charge in [-0.05, 0) is 19.4 Å². The largest absolute Gasteiger partial charge is 0.337 e. The van der Waals surface area contributed by atoms with Gasteiger partial charge < -0.3 is 9.88 Å². The number of aryl methyl sites for hydroxylation is 1. The molecule has 0 fully saturated rings. The summed E-state index contributed by atoms with van der Waals surface area (Å²) in [4.78, 5) is 4.04. The first-order valence-corrected chi connectivity index (χ1v) is 5.91. The Morgan fingerprint density at radius 1 is 1.53 bits per heavy atom. The number of imidazole rings is 1. The molecule has 0 bridgehead atoms. The van der Waals surface area contributed by atoms with Gasteiger partial charge >= 0.3 is 0 Å². The number of aromatic nitrogens is 4. The highest BCUT2D eigenvalue weighted by molar-refractivity contribution is 5.13. The van der Waals surface area contributed by atoms with Gasteiger partial charge in [0, 0.05) is 36.7 Å². The van der Waals surface area contributed by atoms with Crippen molar-refractivity contribution >= 4 is 0 Å². The van der Waals surface area contributed by atoms with Crippen molar-refractivity contribution in [2.24, 2.45) is 5.92 Å². The lowest BCUT2D eigenvalue weighted by molar-refractivity contribution is 0.445. The van der Waals surface area contributed by atoms with Crippen LogP contribution in [0.25, 0.3) is 0 Å². The summed E-state index contributed by atoms with van der Waals surface area (Å²) in [6.07, 6.45) is 7.55. The lowest BCUT2D eigenvalue weighted by Gasteiger charge is -2.12. The molecule has 2 aromatic rings.